The second-order valence-electron chi connectivity index (χ2n) is 7.78. The van der Waals surface area contributed by atoms with Gasteiger partial charge >= 0.3 is 6.18 Å². The Bertz CT molecular complexity index is 1240. The average molecular weight is 493 g/mol. The lowest BCUT2D eigenvalue weighted by Gasteiger charge is -2.26. The molecule has 186 valence electrons. The van der Waals surface area contributed by atoms with Gasteiger partial charge in [-0.25, -0.2) is 4.98 Å². The van der Waals surface area contributed by atoms with Crippen LogP contribution in [0.1, 0.15) is 22.3 Å². The summed E-state index contributed by atoms with van der Waals surface area (Å²) in [5, 5.41) is 17.0. The van der Waals surface area contributed by atoms with Crippen molar-refractivity contribution in [3.05, 3.63) is 47.9 Å². The molecule has 1 saturated heterocycles. The maximum absolute atomic E-state index is 12.8. The smallest absolute Gasteiger partial charge is 0.420 e. The molecular formula is C22H22F3N5O5. The van der Waals surface area contributed by atoms with Gasteiger partial charge in [-0.3, -0.25) is 14.3 Å². The van der Waals surface area contributed by atoms with E-state index >= 15 is 0 Å². The molecule has 13 heteroatoms. The van der Waals surface area contributed by atoms with Crippen LogP contribution in [0.3, 0.4) is 0 Å². The summed E-state index contributed by atoms with van der Waals surface area (Å²) in [5.74, 6) is -0.649. The van der Waals surface area contributed by atoms with Gasteiger partial charge in [0.2, 0.25) is 5.91 Å². The number of fused-ring (bicyclic) bond motifs is 1. The molecule has 3 aromatic rings. The van der Waals surface area contributed by atoms with Crippen LogP contribution >= 0.6 is 0 Å². The van der Waals surface area contributed by atoms with Crippen LogP contribution in [0.5, 0.6) is 5.75 Å². The second-order valence-corrected chi connectivity index (χ2v) is 7.78. The van der Waals surface area contributed by atoms with Crippen LogP contribution in [0, 0.1) is 0 Å². The molecule has 2 amide bonds. The number of amides is 2. The minimum Gasteiger partial charge on any atom is -0.494 e. The maximum atomic E-state index is 12.8. The molecule has 3 heterocycles. The van der Waals surface area contributed by atoms with Crippen molar-refractivity contribution < 1.29 is 37.3 Å². The van der Waals surface area contributed by atoms with E-state index in [2.05, 4.69) is 15.4 Å². The Morgan fingerprint density at radius 2 is 2.00 bits per heavy atom. The summed E-state index contributed by atoms with van der Waals surface area (Å²) in [5.41, 5.74) is -0.269. The molecule has 1 atom stereocenters. The Kier molecular flexibility index (Phi) is 6.89. The van der Waals surface area contributed by atoms with Gasteiger partial charge in [0.1, 0.15) is 18.0 Å². The number of carbonyl (C=O) groups excluding carboxylic acids is 2. The third-order valence-corrected chi connectivity index (χ3v) is 5.38. The number of methoxy groups -OCH3 is 1. The van der Waals surface area contributed by atoms with Crippen molar-refractivity contribution >= 4 is 28.4 Å². The van der Waals surface area contributed by atoms with E-state index in [1.807, 2.05) is 0 Å². The Labute approximate surface area is 197 Å². The lowest BCUT2D eigenvalue weighted by Crippen LogP contribution is -2.42. The van der Waals surface area contributed by atoms with Crippen LogP contribution in [-0.4, -0.2) is 76.2 Å². The third kappa shape index (κ3) is 5.52. The zero-order valence-electron chi connectivity index (χ0n) is 18.6. The molecule has 0 spiro atoms. The van der Waals surface area contributed by atoms with Crippen molar-refractivity contribution in [3.8, 4) is 5.75 Å². The van der Waals surface area contributed by atoms with E-state index in [9.17, 15) is 27.9 Å². The second kappa shape index (κ2) is 9.88. The first-order valence-electron chi connectivity index (χ1n) is 10.6. The maximum Gasteiger partial charge on any atom is 0.420 e. The summed E-state index contributed by atoms with van der Waals surface area (Å²) < 4.78 is 50.5. The molecule has 0 bridgehead atoms. The van der Waals surface area contributed by atoms with E-state index in [4.69, 9.17) is 9.47 Å². The number of morpholine rings is 1. The van der Waals surface area contributed by atoms with Gasteiger partial charge in [-0.1, -0.05) is 6.07 Å². The van der Waals surface area contributed by atoms with Crippen LogP contribution in [0.4, 0.5) is 18.9 Å². The Hall–Kier alpha value is -3.71. The summed E-state index contributed by atoms with van der Waals surface area (Å²) in [6, 6.07) is 6.54. The SMILES string of the molecule is COc1cc2nn(CC(=O)N3CCOCC3)cc2cc1NC(=O)c1cccc([C@H](O)C(F)(F)F)n1. The normalized spacial score (nSPS) is 15.2. The summed E-state index contributed by atoms with van der Waals surface area (Å²) in [6.45, 7) is 2.02. The van der Waals surface area contributed by atoms with Gasteiger partial charge in [0.15, 0.2) is 6.10 Å². The van der Waals surface area contributed by atoms with Crippen LogP contribution in [0.2, 0.25) is 0 Å². The van der Waals surface area contributed by atoms with Crippen LogP contribution in [0.15, 0.2) is 36.5 Å². The summed E-state index contributed by atoms with van der Waals surface area (Å²) in [4.78, 5) is 30.5. The molecule has 2 aromatic heterocycles. The predicted octanol–water partition coefficient (Wildman–Crippen LogP) is 2.15. The molecule has 0 aliphatic carbocycles. The topological polar surface area (TPSA) is 119 Å². The lowest BCUT2D eigenvalue weighted by atomic mass is 10.2. The number of pyridine rings is 1. The van der Waals surface area contributed by atoms with Crippen LogP contribution in [0.25, 0.3) is 10.9 Å². The number of nitrogens with one attached hydrogen (secondary N) is 1. The predicted molar refractivity (Wildman–Crippen MR) is 117 cm³/mol. The average Bonchev–Trinajstić information content (AvgIpc) is 3.23. The van der Waals surface area contributed by atoms with Gasteiger partial charge in [-0.15, -0.1) is 0 Å². The number of anilines is 1. The molecule has 0 radical (unpaired) electrons. The van der Waals surface area contributed by atoms with Crippen molar-refractivity contribution in [2.24, 2.45) is 0 Å². The first kappa shape index (κ1) is 24.4. The quantitative estimate of drug-likeness (QED) is 0.540. The zero-order chi connectivity index (χ0) is 25.2. The van der Waals surface area contributed by atoms with Gasteiger partial charge in [-0.05, 0) is 18.2 Å². The molecule has 35 heavy (non-hydrogen) atoms. The first-order chi connectivity index (χ1) is 16.7. The number of halogens is 3. The van der Waals surface area contributed by atoms with E-state index < -0.39 is 23.9 Å². The zero-order valence-corrected chi connectivity index (χ0v) is 18.6. The Balaban J connectivity index is 1.54. The number of benzene rings is 1. The number of ether oxygens (including phenoxy) is 2. The van der Waals surface area contributed by atoms with E-state index in [0.717, 1.165) is 6.07 Å². The van der Waals surface area contributed by atoms with Crippen LogP contribution in [-0.2, 0) is 16.1 Å². The highest BCUT2D eigenvalue weighted by atomic mass is 19.4. The van der Waals surface area contributed by atoms with E-state index in [1.165, 1.54) is 23.9 Å². The molecule has 1 aliphatic rings. The minimum absolute atomic E-state index is 0.0247. The number of alkyl halides is 3. The molecule has 1 aromatic carbocycles. The van der Waals surface area contributed by atoms with Gasteiger partial charge in [0.05, 0.1) is 37.2 Å². The standard InChI is InChI=1S/C22H22F3N5O5/c1-34-18-10-16-13(11-30(28-16)12-19(31)29-5-7-35-8-6-29)9-17(18)27-21(33)15-4-2-3-14(26-15)20(32)22(23,24)25/h2-4,9-11,20,32H,5-8,12H2,1H3,(H,27,33)/t20-/m0/s1. The van der Waals surface area contributed by atoms with Gasteiger partial charge in [-0.2, -0.15) is 18.3 Å². The number of aliphatic hydroxyl groups is 1. The fraction of sp³-hybridized carbons (Fsp3) is 0.364. The monoisotopic (exact) mass is 493 g/mol. The molecular weight excluding hydrogens is 471 g/mol. The molecule has 0 saturated carbocycles. The Morgan fingerprint density at radius 1 is 1.26 bits per heavy atom. The largest absolute Gasteiger partial charge is 0.494 e. The number of hydrogen-bond donors (Lipinski definition) is 2. The van der Waals surface area contributed by atoms with E-state index in [0.29, 0.717) is 37.2 Å². The van der Waals surface area contributed by atoms with Crippen LogP contribution < -0.4 is 10.1 Å². The number of nitrogens with zero attached hydrogens (tertiary/aromatic N) is 4. The fourth-order valence-corrected chi connectivity index (χ4v) is 3.59. The number of rotatable bonds is 6. The number of carbonyl (C=O) groups is 2. The molecule has 1 fully saturated rings. The molecule has 0 unspecified atom stereocenters. The summed E-state index contributed by atoms with van der Waals surface area (Å²) in [7, 11) is 1.38. The van der Waals surface area contributed by atoms with E-state index in [1.54, 1.807) is 23.2 Å². The number of aliphatic hydroxyl groups excluding tert-OH is 1. The van der Waals surface area contributed by atoms with Crippen molar-refractivity contribution in [2.45, 2.75) is 18.8 Å². The Morgan fingerprint density at radius 3 is 2.69 bits per heavy atom. The molecule has 1 aliphatic heterocycles. The fourth-order valence-electron chi connectivity index (χ4n) is 3.59. The van der Waals surface area contributed by atoms with Crippen molar-refractivity contribution in [2.75, 3.05) is 38.7 Å². The summed E-state index contributed by atoms with van der Waals surface area (Å²) >= 11 is 0. The highest BCUT2D eigenvalue weighted by molar-refractivity contribution is 6.05. The first-order valence-corrected chi connectivity index (χ1v) is 10.6. The minimum atomic E-state index is -4.92. The van der Waals surface area contributed by atoms with Gasteiger partial charge < -0.3 is 24.8 Å². The number of hydrogen-bond acceptors (Lipinski definition) is 7. The highest BCUT2D eigenvalue weighted by Crippen LogP contribution is 2.32. The number of aromatic nitrogens is 3. The molecule has 10 nitrogen and oxygen atoms in total. The van der Waals surface area contributed by atoms with Crippen molar-refractivity contribution in [3.63, 3.8) is 0 Å². The van der Waals surface area contributed by atoms with Gasteiger partial charge in [0, 0.05) is 30.7 Å². The molecule has 4 rings (SSSR count). The van der Waals surface area contributed by atoms with Crippen molar-refractivity contribution in [1.29, 1.82) is 0 Å². The summed E-state index contributed by atoms with van der Waals surface area (Å²) in [6.07, 6.45) is -6.09. The molecule has 2 N–H and O–H groups in total. The van der Waals surface area contributed by atoms with Gasteiger partial charge in [0.25, 0.3) is 5.91 Å². The van der Waals surface area contributed by atoms with E-state index in [-0.39, 0.29) is 29.6 Å². The third-order valence-electron chi connectivity index (χ3n) is 5.38. The van der Waals surface area contributed by atoms with Crippen molar-refractivity contribution in [1.82, 2.24) is 19.7 Å². The highest BCUT2D eigenvalue weighted by Gasteiger charge is 2.40. The lowest BCUT2D eigenvalue weighted by molar-refractivity contribution is -0.208.